The molecule has 3 aliphatic rings. The number of pyridine rings is 1. The Morgan fingerprint density at radius 2 is 1.43 bits per heavy atom. The second kappa shape index (κ2) is 24.7. The van der Waals surface area contributed by atoms with Gasteiger partial charge in [-0.05, 0) is 106 Å². The fourth-order valence-corrected chi connectivity index (χ4v) is 9.58. The van der Waals surface area contributed by atoms with Gasteiger partial charge < -0.3 is 34.6 Å². The summed E-state index contributed by atoms with van der Waals surface area (Å²) in [5, 5.41) is 16.7. The van der Waals surface area contributed by atoms with Crippen LogP contribution in [0.25, 0.3) is 21.8 Å². The van der Waals surface area contributed by atoms with Crippen LogP contribution in [0.15, 0.2) is 78.8 Å². The van der Waals surface area contributed by atoms with Crippen LogP contribution >= 0.6 is 0 Å². The van der Waals surface area contributed by atoms with Crippen molar-refractivity contribution in [3.8, 4) is 0 Å². The van der Waals surface area contributed by atoms with Crippen molar-refractivity contribution in [3.63, 3.8) is 0 Å². The molecule has 0 aliphatic carbocycles. The number of likely N-dealkylation sites (tertiary alicyclic amines) is 2. The number of nitrogens with one attached hydrogen (secondary N) is 1. The van der Waals surface area contributed by atoms with Crippen LogP contribution < -0.4 is 10.9 Å². The van der Waals surface area contributed by atoms with E-state index >= 15 is 0 Å². The Kier molecular flexibility index (Phi) is 18.8. The molecule has 17 nitrogen and oxygen atoms in total. The van der Waals surface area contributed by atoms with Crippen LogP contribution in [0.5, 0.6) is 0 Å². The number of carboxylic acids is 1. The van der Waals surface area contributed by atoms with E-state index in [1.54, 1.807) is 35.6 Å². The van der Waals surface area contributed by atoms with Crippen LogP contribution in [0.1, 0.15) is 75.0 Å². The van der Waals surface area contributed by atoms with Crippen LogP contribution in [0, 0.1) is 18.8 Å². The molecule has 2 N–H and O–H groups in total. The number of carboxylic acid groups (broad SMARTS) is 1. The number of carbonyl (C=O) groups excluding carboxylic acids is 4. The van der Waals surface area contributed by atoms with Crippen LogP contribution in [-0.4, -0.2) is 147 Å². The van der Waals surface area contributed by atoms with E-state index < -0.39 is 24.2 Å². The largest absolute Gasteiger partial charge is 0.490 e. The lowest BCUT2D eigenvalue weighted by molar-refractivity contribution is -0.192. The molecule has 390 valence electrons. The van der Waals surface area contributed by atoms with Gasteiger partial charge in [-0.1, -0.05) is 50.3 Å². The summed E-state index contributed by atoms with van der Waals surface area (Å²) in [5.74, 6) is -4.38. The summed E-state index contributed by atoms with van der Waals surface area (Å²) in [6.45, 7) is 18.5. The number of alkyl halides is 3. The molecule has 7 rings (SSSR count). The third-order valence-corrected chi connectivity index (χ3v) is 13.8. The highest BCUT2D eigenvalue weighted by Crippen LogP contribution is 2.29. The number of hydrogen-bond acceptors (Lipinski definition) is 11. The Bertz CT molecular complexity index is 2650. The van der Waals surface area contributed by atoms with Gasteiger partial charge >= 0.3 is 30.1 Å². The van der Waals surface area contributed by atoms with Gasteiger partial charge in [-0.25, -0.2) is 14.3 Å². The summed E-state index contributed by atoms with van der Waals surface area (Å²) in [6.07, 6.45) is 4.75. The lowest BCUT2D eigenvalue weighted by Gasteiger charge is -2.43. The Labute approximate surface area is 417 Å². The second-order valence-electron chi connectivity index (χ2n) is 19.1. The number of aromatic nitrogens is 3. The molecule has 3 unspecified atom stereocenters. The fraction of sp³-hybridized carbons (Fsp3) is 0.519. The number of para-hydroxylation sites is 1. The molecule has 0 radical (unpaired) electrons. The minimum atomic E-state index is -5.08. The minimum absolute atomic E-state index is 0.0245. The zero-order valence-electron chi connectivity index (χ0n) is 41.6. The number of piperidine rings is 2. The highest BCUT2D eigenvalue weighted by Gasteiger charge is 2.38. The number of aliphatic carboxylic acids is 1. The summed E-state index contributed by atoms with van der Waals surface area (Å²) in [4.78, 5) is 85.4. The number of halogens is 3. The summed E-state index contributed by atoms with van der Waals surface area (Å²) in [5.41, 5.74) is 3.64. The number of esters is 2. The first-order valence-electron chi connectivity index (χ1n) is 24.5. The van der Waals surface area contributed by atoms with Crippen LogP contribution in [0.3, 0.4) is 0 Å². The molecule has 3 amide bonds. The molecule has 4 aromatic rings. The lowest BCUT2D eigenvalue weighted by Crippen LogP contribution is -2.59. The van der Waals surface area contributed by atoms with E-state index in [9.17, 15) is 37.1 Å². The van der Waals surface area contributed by atoms with Crippen molar-refractivity contribution >= 4 is 51.7 Å². The smallest absolute Gasteiger partial charge is 0.475 e. The van der Waals surface area contributed by atoms with Gasteiger partial charge in [-0.3, -0.25) is 28.6 Å². The Balaban J connectivity index is 0.00000113. The first-order chi connectivity index (χ1) is 34.3. The minimum Gasteiger partial charge on any atom is -0.475 e. The lowest BCUT2D eigenvalue weighted by atomic mass is 9.89. The van der Waals surface area contributed by atoms with Gasteiger partial charge in [0.05, 0.1) is 22.9 Å². The molecular weight excluding hydrogens is 938 g/mol. The van der Waals surface area contributed by atoms with Gasteiger partial charge in [-0.15, -0.1) is 13.2 Å². The number of benzene rings is 2. The number of fused-ring (bicyclic) bond motifs is 2. The van der Waals surface area contributed by atoms with Crippen molar-refractivity contribution in [2.24, 2.45) is 11.8 Å². The second-order valence-corrected chi connectivity index (χ2v) is 19.1. The normalized spacial score (nSPS) is 17.6. The number of urea groups is 1. The van der Waals surface area contributed by atoms with E-state index in [-0.39, 0.29) is 61.1 Å². The van der Waals surface area contributed by atoms with Crippen molar-refractivity contribution in [2.45, 2.75) is 103 Å². The van der Waals surface area contributed by atoms with Gasteiger partial charge in [-0.2, -0.15) is 18.3 Å². The van der Waals surface area contributed by atoms with E-state index in [2.05, 4.69) is 40.4 Å². The number of hydrogen-bond donors (Lipinski definition) is 2. The maximum absolute atomic E-state index is 14.6. The van der Waals surface area contributed by atoms with Crippen LogP contribution in [0.2, 0.25) is 0 Å². The molecule has 3 saturated heterocycles. The molecule has 3 atom stereocenters. The number of ether oxygens (including phenoxy) is 2. The van der Waals surface area contributed by atoms with Gasteiger partial charge in [0.15, 0.2) is 13.5 Å². The molecule has 72 heavy (non-hydrogen) atoms. The van der Waals surface area contributed by atoms with E-state index in [1.165, 1.54) is 4.57 Å². The average molecular weight is 1010 g/mol. The number of carbonyl (C=O) groups is 5. The molecule has 5 heterocycles. The van der Waals surface area contributed by atoms with Gasteiger partial charge in [0, 0.05) is 68.9 Å². The highest BCUT2D eigenvalue weighted by molar-refractivity contribution is 5.88. The number of amides is 3. The zero-order chi connectivity index (χ0) is 52.3. The summed E-state index contributed by atoms with van der Waals surface area (Å²) >= 11 is 0. The van der Waals surface area contributed by atoms with Crippen molar-refractivity contribution in [1.82, 2.24) is 39.3 Å². The molecule has 0 bridgehead atoms. The molecule has 20 heteroatoms. The Morgan fingerprint density at radius 1 is 0.833 bits per heavy atom. The van der Waals surface area contributed by atoms with E-state index in [0.717, 1.165) is 66.4 Å². The van der Waals surface area contributed by atoms with Gasteiger partial charge in [0.1, 0.15) is 6.04 Å². The molecule has 3 aliphatic heterocycles. The molecule has 0 spiro atoms. The Morgan fingerprint density at radius 3 is 2.03 bits per heavy atom. The van der Waals surface area contributed by atoms with Crippen molar-refractivity contribution in [3.05, 3.63) is 101 Å². The average Bonchev–Trinajstić information content (AvgIpc) is 3.78. The molecule has 2 aromatic heterocycles. The summed E-state index contributed by atoms with van der Waals surface area (Å²) in [7, 11) is 2.16. The number of allylic oxidation sites excluding steroid dienone is 2. The zero-order valence-corrected chi connectivity index (χ0v) is 41.6. The SMILES string of the molecule is C=CCC(C)C(=O)OCn1cc2cc(CC(NC(=O)N3CCC(c4cc5ccccc5n(COC(=O)C(C)CC=C)c4=O)CC3)C(=O)N3CCN(C4CCN(C)CC4)CC3)cc(C)c2n1.O=C(O)C(F)(F)F. The number of aryl methyl sites for hydroxylation is 1. The predicted octanol–water partition coefficient (Wildman–Crippen LogP) is 6.46. The molecule has 3 fully saturated rings. The van der Waals surface area contributed by atoms with E-state index in [1.807, 2.05) is 60.5 Å². The maximum atomic E-state index is 14.6. The predicted molar refractivity (Wildman–Crippen MR) is 265 cm³/mol. The van der Waals surface area contributed by atoms with Crippen LogP contribution in [-0.2, 0) is 48.5 Å². The molecule has 2 aromatic carbocycles. The third kappa shape index (κ3) is 14.1. The highest BCUT2D eigenvalue weighted by atomic mass is 19.4. The number of piperazine rings is 1. The standard InChI is InChI=1S/C50H66N8O7.C2HF3O2/c1-7-11-34(3)48(61)64-32-57-31-40-28-37(27-36(5)45(40)52-57)29-43(47(60)55-25-23-54(24-26-55)41-17-19-53(6)20-18-41)51-50(63)56-21-15-38(16-22-56)42-30-39-13-9-10-14-44(39)58(46(42)59)33-65-49(62)35(4)12-8-2;3-2(4,5)1(6)7/h7-10,13-14,27-28,30-31,34-35,38,41,43H,1-2,11-12,15-26,29,32-33H2,3-6H3,(H,51,63);(H,6,7). The maximum Gasteiger partial charge on any atom is 0.490 e. The van der Waals surface area contributed by atoms with E-state index in [4.69, 9.17) is 19.4 Å². The van der Waals surface area contributed by atoms with Crippen molar-refractivity contribution in [2.75, 3.05) is 59.4 Å². The summed E-state index contributed by atoms with van der Waals surface area (Å²) in [6, 6.07) is 12.9. The summed E-state index contributed by atoms with van der Waals surface area (Å²) < 4.78 is 46.0. The fourth-order valence-electron chi connectivity index (χ4n) is 9.58. The topological polar surface area (TPSA) is 189 Å². The third-order valence-electron chi connectivity index (χ3n) is 13.8. The molecule has 0 saturated carbocycles. The number of rotatable bonds is 16. The number of nitrogens with zero attached hydrogens (tertiary/aromatic N) is 7. The first-order valence-corrected chi connectivity index (χ1v) is 24.5. The Hall–Kier alpha value is -6.54. The van der Waals surface area contributed by atoms with E-state index in [0.29, 0.717) is 69.0 Å². The van der Waals surface area contributed by atoms with Crippen LogP contribution in [0.4, 0.5) is 18.0 Å². The molecular formula is C52H67F3N8O9. The van der Waals surface area contributed by atoms with Gasteiger partial charge in [0.2, 0.25) is 5.91 Å². The van der Waals surface area contributed by atoms with Crippen molar-refractivity contribution in [1.29, 1.82) is 0 Å². The monoisotopic (exact) mass is 1000 g/mol. The van der Waals surface area contributed by atoms with Gasteiger partial charge in [0.25, 0.3) is 5.56 Å². The van der Waals surface area contributed by atoms with Crippen molar-refractivity contribution < 1.29 is 51.7 Å². The quantitative estimate of drug-likeness (QED) is 0.0923. The first kappa shape index (κ1) is 54.8.